The molecule has 0 atom stereocenters. The lowest BCUT2D eigenvalue weighted by Gasteiger charge is -2.06. The van der Waals surface area contributed by atoms with E-state index in [1.165, 1.54) is 18.3 Å². The summed E-state index contributed by atoms with van der Waals surface area (Å²) in [5.41, 5.74) is -0.802. The Bertz CT molecular complexity index is 751. The second kappa shape index (κ2) is 5.17. The number of hydrogen-bond acceptors (Lipinski definition) is 6. The zero-order valence-corrected chi connectivity index (χ0v) is 10.5. The molecule has 0 saturated heterocycles. The quantitative estimate of drug-likeness (QED) is 0.672. The normalized spacial score (nSPS) is 11.1. The highest BCUT2D eigenvalue weighted by atomic mass is 32.2. The van der Waals surface area contributed by atoms with Crippen LogP contribution in [0.1, 0.15) is 0 Å². The Labute approximate surface area is 112 Å². The standard InChI is InChI=1S/C10H7FN4O4S/c11-8-6-7(3-4-9(8)15(16)17)20(18,19)14-10-2-1-5-12-13-10/h1-6H,(H,13,14). The predicted octanol–water partition coefficient (Wildman–Crippen LogP) is 1.32. The molecule has 0 radical (unpaired) electrons. The van der Waals surface area contributed by atoms with Gasteiger partial charge in [-0.25, -0.2) is 8.42 Å². The molecule has 0 amide bonds. The van der Waals surface area contributed by atoms with Crippen LogP contribution >= 0.6 is 0 Å². The van der Waals surface area contributed by atoms with Crippen LogP contribution in [0.3, 0.4) is 0 Å². The second-order valence-electron chi connectivity index (χ2n) is 3.58. The van der Waals surface area contributed by atoms with Gasteiger partial charge in [0.2, 0.25) is 5.82 Å². The average Bonchev–Trinajstić information content (AvgIpc) is 2.38. The molecule has 0 spiro atoms. The van der Waals surface area contributed by atoms with Gasteiger partial charge in [-0.05, 0) is 18.2 Å². The number of rotatable bonds is 4. The highest BCUT2D eigenvalue weighted by Crippen LogP contribution is 2.21. The van der Waals surface area contributed by atoms with Gasteiger partial charge in [0.05, 0.1) is 9.82 Å². The van der Waals surface area contributed by atoms with E-state index in [1.54, 1.807) is 0 Å². The van der Waals surface area contributed by atoms with E-state index < -0.39 is 31.3 Å². The molecule has 0 aliphatic carbocycles. The molecule has 2 rings (SSSR count). The highest BCUT2D eigenvalue weighted by Gasteiger charge is 2.21. The Morgan fingerprint density at radius 2 is 2.05 bits per heavy atom. The van der Waals surface area contributed by atoms with Crippen LogP contribution < -0.4 is 4.72 Å². The SMILES string of the molecule is O=[N+]([O-])c1ccc(S(=O)(=O)Nc2cccnn2)cc1F. The minimum absolute atomic E-state index is 0.0498. The van der Waals surface area contributed by atoms with E-state index in [4.69, 9.17) is 0 Å². The fourth-order valence-electron chi connectivity index (χ4n) is 1.36. The van der Waals surface area contributed by atoms with E-state index in [0.717, 1.165) is 12.1 Å². The van der Waals surface area contributed by atoms with Crippen molar-refractivity contribution in [3.63, 3.8) is 0 Å². The van der Waals surface area contributed by atoms with Gasteiger partial charge in [0.25, 0.3) is 10.0 Å². The zero-order valence-electron chi connectivity index (χ0n) is 9.72. The van der Waals surface area contributed by atoms with E-state index in [-0.39, 0.29) is 5.82 Å². The Kier molecular flexibility index (Phi) is 3.57. The Morgan fingerprint density at radius 3 is 2.60 bits per heavy atom. The summed E-state index contributed by atoms with van der Waals surface area (Å²) in [4.78, 5) is 9.06. The first kappa shape index (κ1) is 13.8. The zero-order chi connectivity index (χ0) is 14.8. The molecule has 0 aliphatic heterocycles. The van der Waals surface area contributed by atoms with E-state index in [1.807, 2.05) is 0 Å². The summed E-state index contributed by atoms with van der Waals surface area (Å²) in [5.74, 6) is -1.29. The number of hydrogen-bond donors (Lipinski definition) is 1. The fourth-order valence-corrected chi connectivity index (χ4v) is 2.36. The van der Waals surface area contributed by atoms with Crippen molar-refractivity contribution in [2.75, 3.05) is 4.72 Å². The fraction of sp³-hybridized carbons (Fsp3) is 0. The number of anilines is 1. The Morgan fingerprint density at radius 1 is 1.30 bits per heavy atom. The minimum Gasteiger partial charge on any atom is -0.262 e. The largest absolute Gasteiger partial charge is 0.304 e. The maximum atomic E-state index is 13.4. The number of nitro benzene ring substituents is 1. The molecular formula is C10H7FN4O4S. The summed E-state index contributed by atoms with van der Waals surface area (Å²) < 4.78 is 39.3. The third-order valence-corrected chi connectivity index (χ3v) is 3.59. The van der Waals surface area contributed by atoms with Crippen molar-refractivity contribution in [1.29, 1.82) is 0 Å². The van der Waals surface area contributed by atoms with E-state index >= 15 is 0 Å². The van der Waals surface area contributed by atoms with Crippen LogP contribution in [0, 0.1) is 15.9 Å². The van der Waals surface area contributed by atoms with Crippen molar-refractivity contribution >= 4 is 21.5 Å². The number of halogens is 1. The molecule has 10 heteroatoms. The summed E-state index contributed by atoms with van der Waals surface area (Å²) >= 11 is 0. The maximum Gasteiger partial charge on any atom is 0.304 e. The van der Waals surface area contributed by atoms with Crippen LogP contribution in [0.2, 0.25) is 0 Å². The number of sulfonamides is 1. The first-order chi connectivity index (χ1) is 9.40. The summed E-state index contributed by atoms with van der Waals surface area (Å²) in [6, 6.07) is 5.09. The summed E-state index contributed by atoms with van der Waals surface area (Å²) in [6.45, 7) is 0. The van der Waals surface area contributed by atoms with Crippen molar-refractivity contribution in [2.45, 2.75) is 4.90 Å². The van der Waals surface area contributed by atoms with Gasteiger partial charge in [-0.15, -0.1) is 5.10 Å². The van der Waals surface area contributed by atoms with Gasteiger partial charge in [-0.2, -0.15) is 9.49 Å². The molecule has 0 bridgehead atoms. The van der Waals surface area contributed by atoms with Crippen molar-refractivity contribution < 1.29 is 17.7 Å². The van der Waals surface area contributed by atoms with Gasteiger partial charge < -0.3 is 0 Å². The van der Waals surface area contributed by atoms with Crippen molar-refractivity contribution in [2.24, 2.45) is 0 Å². The van der Waals surface area contributed by atoms with Crippen LogP contribution in [0.15, 0.2) is 41.4 Å². The average molecular weight is 298 g/mol. The smallest absolute Gasteiger partial charge is 0.262 e. The highest BCUT2D eigenvalue weighted by molar-refractivity contribution is 7.92. The van der Waals surface area contributed by atoms with Crippen molar-refractivity contribution in [3.05, 3.63) is 52.5 Å². The third kappa shape index (κ3) is 2.85. The van der Waals surface area contributed by atoms with Crippen LogP contribution in [0.25, 0.3) is 0 Å². The number of nitrogens with zero attached hydrogens (tertiary/aromatic N) is 3. The van der Waals surface area contributed by atoms with E-state index in [9.17, 15) is 22.9 Å². The first-order valence-corrected chi connectivity index (χ1v) is 6.63. The van der Waals surface area contributed by atoms with Crippen molar-refractivity contribution in [1.82, 2.24) is 10.2 Å². The molecule has 1 aromatic heterocycles. The maximum absolute atomic E-state index is 13.4. The predicted molar refractivity (Wildman–Crippen MR) is 65.9 cm³/mol. The molecule has 1 heterocycles. The lowest BCUT2D eigenvalue weighted by Crippen LogP contribution is -2.14. The first-order valence-electron chi connectivity index (χ1n) is 5.14. The lowest BCUT2D eigenvalue weighted by atomic mass is 10.3. The van der Waals surface area contributed by atoms with Gasteiger partial charge in [-0.3, -0.25) is 14.8 Å². The van der Waals surface area contributed by atoms with Crippen LogP contribution in [-0.4, -0.2) is 23.5 Å². The molecule has 0 fully saturated rings. The van der Waals surface area contributed by atoms with Gasteiger partial charge in [0, 0.05) is 18.3 Å². The molecule has 104 valence electrons. The number of nitrogens with one attached hydrogen (secondary N) is 1. The summed E-state index contributed by atoms with van der Waals surface area (Å²) in [6.07, 6.45) is 1.35. The molecule has 0 aliphatic rings. The second-order valence-corrected chi connectivity index (χ2v) is 5.27. The van der Waals surface area contributed by atoms with E-state index in [2.05, 4.69) is 14.9 Å². The number of nitro groups is 1. The van der Waals surface area contributed by atoms with Crippen LogP contribution in [-0.2, 0) is 10.0 Å². The molecule has 8 nitrogen and oxygen atoms in total. The molecule has 1 N–H and O–H groups in total. The Hall–Kier alpha value is -2.62. The molecule has 2 aromatic rings. The Balaban J connectivity index is 2.35. The van der Waals surface area contributed by atoms with Gasteiger partial charge in [-0.1, -0.05) is 0 Å². The van der Waals surface area contributed by atoms with Crippen molar-refractivity contribution in [3.8, 4) is 0 Å². The number of benzene rings is 1. The monoisotopic (exact) mass is 298 g/mol. The van der Waals surface area contributed by atoms with Gasteiger partial charge >= 0.3 is 5.69 Å². The van der Waals surface area contributed by atoms with E-state index in [0.29, 0.717) is 6.07 Å². The van der Waals surface area contributed by atoms with Crippen LogP contribution in [0.5, 0.6) is 0 Å². The van der Waals surface area contributed by atoms with Gasteiger partial charge in [0.1, 0.15) is 0 Å². The molecule has 20 heavy (non-hydrogen) atoms. The lowest BCUT2D eigenvalue weighted by molar-refractivity contribution is -0.387. The third-order valence-electron chi connectivity index (χ3n) is 2.24. The molecule has 0 unspecified atom stereocenters. The van der Waals surface area contributed by atoms with Gasteiger partial charge in [0.15, 0.2) is 5.82 Å². The van der Waals surface area contributed by atoms with Crippen LogP contribution in [0.4, 0.5) is 15.9 Å². The molecular weight excluding hydrogens is 291 g/mol. The molecule has 1 aromatic carbocycles. The minimum atomic E-state index is -4.09. The summed E-state index contributed by atoms with van der Waals surface area (Å²) in [5, 5.41) is 17.4. The summed E-state index contributed by atoms with van der Waals surface area (Å²) in [7, 11) is -4.09. The number of aromatic nitrogens is 2. The molecule has 0 saturated carbocycles. The topological polar surface area (TPSA) is 115 Å².